The minimum absolute atomic E-state index is 0.0374. The van der Waals surface area contributed by atoms with E-state index in [1.54, 1.807) is 0 Å². The normalized spacial score (nSPS) is 17.6. The van der Waals surface area contributed by atoms with Gasteiger partial charge in [0.05, 0.1) is 6.33 Å². The first kappa shape index (κ1) is 22.5. The molecule has 2 aliphatic rings. The predicted octanol–water partition coefficient (Wildman–Crippen LogP) is 3.75. The molecule has 2 saturated heterocycles. The number of hydrogen-bond acceptors (Lipinski definition) is 4. The van der Waals surface area contributed by atoms with Gasteiger partial charge in [0, 0.05) is 76.5 Å². The Kier molecular flexibility index (Phi) is 7.10. The molecule has 34 heavy (non-hydrogen) atoms. The SMILES string of the molecule is O=C(NCc1ccccc1CN1CCN(c2ccccc2)CC1)N1CCC(n2ccnc2)CC1. The number of amides is 2. The summed E-state index contributed by atoms with van der Waals surface area (Å²) in [5.74, 6) is 0. The highest BCUT2D eigenvalue weighted by molar-refractivity contribution is 5.74. The summed E-state index contributed by atoms with van der Waals surface area (Å²) in [4.78, 5) is 23.9. The number of anilines is 1. The molecule has 1 N–H and O–H groups in total. The molecule has 0 aliphatic carbocycles. The lowest BCUT2D eigenvalue weighted by molar-refractivity contribution is 0.171. The number of rotatable bonds is 6. The van der Waals surface area contributed by atoms with Crippen LogP contribution in [-0.4, -0.2) is 64.7 Å². The van der Waals surface area contributed by atoms with E-state index in [0.29, 0.717) is 12.6 Å². The van der Waals surface area contributed by atoms with E-state index in [1.165, 1.54) is 16.8 Å². The van der Waals surface area contributed by atoms with E-state index in [-0.39, 0.29) is 6.03 Å². The molecule has 0 saturated carbocycles. The van der Waals surface area contributed by atoms with Gasteiger partial charge < -0.3 is 19.7 Å². The number of benzene rings is 2. The molecule has 2 aromatic carbocycles. The Morgan fingerprint density at radius 2 is 1.59 bits per heavy atom. The van der Waals surface area contributed by atoms with Gasteiger partial charge in [-0.25, -0.2) is 9.78 Å². The van der Waals surface area contributed by atoms with Crippen molar-refractivity contribution in [3.8, 4) is 0 Å². The molecule has 2 aliphatic heterocycles. The highest BCUT2D eigenvalue weighted by atomic mass is 16.2. The van der Waals surface area contributed by atoms with Crippen molar-refractivity contribution < 1.29 is 4.79 Å². The third-order valence-corrected chi connectivity index (χ3v) is 7.13. The lowest BCUT2D eigenvalue weighted by Gasteiger charge is -2.36. The minimum Gasteiger partial charge on any atom is -0.369 e. The summed E-state index contributed by atoms with van der Waals surface area (Å²) >= 11 is 0. The van der Waals surface area contributed by atoms with E-state index in [1.807, 2.05) is 23.6 Å². The summed E-state index contributed by atoms with van der Waals surface area (Å²) in [6, 6.07) is 19.6. The topological polar surface area (TPSA) is 56.6 Å². The van der Waals surface area contributed by atoms with Gasteiger partial charge in [-0.15, -0.1) is 0 Å². The molecule has 0 radical (unpaired) electrons. The Hall–Kier alpha value is -3.32. The highest BCUT2D eigenvalue weighted by Crippen LogP contribution is 2.22. The Labute approximate surface area is 202 Å². The van der Waals surface area contributed by atoms with Gasteiger partial charge in [0.1, 0.15) is 0 Å². The van der Waals surface area contributed by atoms with Crippen molar-refractivity contribution in [3.05, 3.63) is 84.4 Å². The van der Waals surface area contributed by atoms with Gasteiger partial charge in [-0.3, -0.25) is 4.90 Å². The maximum atomic E-state index is 12.8. The van der Waals surface area contributed by atoms with Crippen LogP contribution < -0.4 is 10.2 Å². The number of likely N-dealkylation sites (tertiary alicyclic amines) is 1. The quantitative estimate of drug-likeness (QED) is 0.611. The van der Waals surface area contributed by atoms with Crippen molar-refractivity contribution in [2.75, 3.05) is 44.2 Å². The second-order valence-corrected chi connectivity index (χ2v) is 9.25. The van der Waals surface area contributed by atoms with E-state index >= 15 is 0 Å². The number of carbonyl (C=O) groups is 1. The number of nitrogens with one attached hydrogen (secondary N) is 1. The standard InChI is InChI=1S/C27H34N6O/c34-27(32-13-10-26(11-14-32)33-15-12-28-22-33)29-20-23-6-4-5-7-24(23)21-30-16-18-31(19-17-30)25-8-2-1-3-9-25/h1-9,12,15,22,26H,10-11,13-14,16-21H2,(H,29,34). The fourth-order valence-electron chi connectivity index (χ4n) is 5.06. The van der Waals surface area contributed by atoms with E-state index in [0.717, 1.165) is 58.7 Å². The van der Waals surface area contributed by atoms with Crippen molar-refractivity contribution in [2.24, 2.45) is 0 Å². The van der Waals surface area contributed by atoms with Gasteiger partial charge in [0.25, 0.3) is 0 Å². The van der Waals surface area contributed by atoms with Crippen molar-refractivity contribution in [3.63, 3.8) is 0 Å². The number of urea groups is 1. The number of nitrogens with zero attached hydrogens (tertiary/aromatic N) is 5. The summed E-state index contributed by atoms with van der Waals surface area (Å²) in [5, 5.41) is 3.17. The number of hydrogen-bond donors (Lipinski definition) is 1. The number of carbonyl (C=O) groups excluding carboxylic acids is 1. The number of imidazole rings is 1. The Morgan fingerprint density at radius 1 is 0.882 bits per heavy atom. The molecule has 2 amide bonds. The van der Waals surface area contributed by atoms with Crippen LogP contribution in [-0.2, 0) is 13.1 Å². The zero-order chi connectivity index (χ0) is 23.2. The van der Waals surface area contributed by atoms with Crippen LogP contribution in [0.15, 0.2) is 73.3 Å². The van der Waals surface area contributed by atoms with Crippen LogP contribution in [0.3, 0.4) is 0 Å². The third-order valence-electron chi connectivity index (χ3n) is 7.13. The molecule has 3 aromatic rings. The number of piperidine rings is 1. The largest absolute Gasteiger partial charge is 0.369 e. The molecule has 0 atom stereocenters. The Bertz CT molecular complexity index is 1040. The first-order valence-electron chi connectivity index (χ1n) is 12.4. The maximum absolute atomic E-state index is 12.8. The van der Waals surface area contributed by atoms with Crippen LogP contribution in [0.5, 0.6) is 0 Å². The highest BCUT2D eigenvalue weighted by Gasteiger charge is 2.24. The third kappa shape index (κ3) is 5.42. The molecule has 7 heteroatoms. The van der Waals surface area contributed by atoms with E-state index in [4.69, 9.17) is 0 Å². The molecule has 5 rings (SSSR count). The van der Waals surface area contributed by atoms with E-state index in [2.05, 4.69) is 79.3 Å². The molecule has 3 heterocycles. The second-order valence-electron chi connectivity index (χ2n) is 9.25. The summed E-state index contributed by atoms with van der Waals surface area (Å²) in [7, 11) is 0. The molecule has 1 aromatic heterocycles. The first-order chi connectivity index (χ1) is 16.8. The molecule has 0 unspecified atom stereocenters. The molecule has 178 valence electrons. The summed E-state index contributed by atoms with van der Waals surface area (Å²) < 4.78 is 2.16. The molecule has 2 fully saturated rings. The average Bonchev–Trinajstić information content (AvgIpc) is 3.44. The minimum atomic E-state index is 0.0374. The Balaban J connectivity index is 1.10. The van der Waals surface area contributed by atoms with Gasteiger partial charge in [0.2, 0.25) is 0 Å². The summed E-state index contributed by atoms with van der Waals surface area (Å²) in [5.41, 5.74) is 3.81. The molecule has 0 bridgehead atoms. The predicted molar refractivity (Wildman–Crippen MR) is 135 cm³/mol. The van der Waals surface area contributed by atoms with Crippen LogP contribution in [0.4, 0.5) is 10.5 Å². The van der Waals surface area contributed by atoms with Crippen molar-refractivity contribution in [1.29, 1.82) is 0 Å². The average molecular weight is 459 g/mol. The zero-order valence-electron chi connectivity index (χ0n) is 19.7. The van der Waals surface area contributed by atoms with E-state index < -0.39 is 0 Å². The van der Waals surface area contributed by atoms with Crippen LogP contribution in [0.25, 0.3) is 0 Å². The molecule has 7 nitrogen and oxygen atoms in total. The maximum Gasteiger partial charge on any atom is 0.317 e. The van der Waals surface area contributed by atoms with Crippen LogP contribution >= 0.6 is 0 Å². The second kappa shape index (κ2) is 10.7. The number of aromatic nitrogens is 2. The molecular formula is C27H34N6O. The smallest absolute Gasteiger partial charge is 0.317 e. The van der Waals surface area contributed by atoms with Gasteiger partial charge in [-0.05, 0) is 36.1 Å². The van der Waals surface area contributed by atoms with Crippen molar-refractivity contribution in [2.45, 2.75) is 32.0 Å². The van der Waals surface area contributed by atoms with Gasteiger partial charge in [0.15, 0.2) is 0 Å². The lowest BCUT2D eigenvalue weighted by atomic mass is 10.1. The molecular weight excluding hydrogens is 424 g/mol. The number of piperazine rings is 1. The summed E-state index contributed by atoms with van der Waals surface area (Å²) in [6.45, 7) is 7.22. The van der Waals surface area contributed by atoms with E-state index in [9.17, 15) is 4.79 Å². The van der Waals surface area contributed by atoms with Crippen molar-refractivity contribution in [1.82, 2.24) is 24.7 Å². The monoisotopic (exact) mass is 458 g/mol. The van der Waals surface area contributed by atoms with Gasteiger partial charge in [-0.1, -0.05) is 42.5 Å². The van der Waals surface area contributed by atoms with Crippen LogP contribution in [0.2, 0.25) is 0 Å². The first-order valence-corrected chi connectivity index (χ1v) is 12.4. The van der Waals surface area contributed by atoms with Crippen LogP contribution in [0, 0.1) is 0 Å². The number of para-hydroxylation sites is 1. The summed E-state index contributed by atoms with van der Waals surface area (Å²) in [6.07, 6.45) is 7.64. The van der Waals surface area contributed by atoms with Gasteiger partial charge >= 0.3 is 6.03 Å². The molecule has 0 spiro atoms. The van der Waals surface area contributed by atoms with Crippen LogP contribution in [0.1, 0.15) is 30.0 Å². The fraction of sp³-hybridized carbons (Fsp3) is 0.407. The van der Waals surface area contributed by atoms with Crippen molar-refractivity contribution >= 4 is 11.7 Å². The zero-order valence-corrected chi connectivity index (χ0v) is 19.7. The lowest BCUT2D eigenvalue weighted by Crippen LogP contribution is -2.46. The fourth-order valence-corrected chi connectivity index (χ4v) is 5.06. The van der Waals surface area contributed by atoms with Gasteiger partial charge in [-0.2, -0.15) is 0 Å². The Morgan fingerprint density at radius 3 is 2.29 bits per heavy atom.